The molecule has 1 atom stereocenters. The zero-order valence-electron chi connectivity index (χ0n) is 12.1. The Labute approximate surface area is 124 Å². The highest BCUT2D eigenvalue weighted by molar-refractivity contribution is 5.94. The highest BCUT2D eigenvalue weighted by Gasteiger charge is 2.13. The molecule has 0 aliphatic heterocycles. The fourth-order valence-electron chi connectivity index (χ4n) is 1.93. The van der Waals surface area contributed by atoms with E-state index in [-0.39, 0.29) is 5.91 Å². The normalized spacial score (nSPS) is 11.9. The third-order valence-electron chi connectivity index (χ3n) is 3.12. The van der Waals surface area contributed by atoms with Gasteiger partial charge in [0, 0.05) is 11.4 Å². The van der Waals surface area contributed by atoms with Crippen molar-refractivity contribution in [1.82, 2.24) is 0 Å². The third kappa shape index (κ3) is 4.93. The van der Waals surface area contributed by atoms with Gasteiger partial charge in [0.2, 0.25) is 0 Å². The zero-order chi connectivity index (χ0) is 15.1. The molecule has 0 aliphatic carbocycles. The molecule has 0 spiro atoms. The average Bonchev–Trinajstić information content (AvgIpc) is 2.48. The standard InChI is InChI=1S/C17H20N2O2/c1-13(21-11-10-14-6-3-2-4-7-14)17(20)19-16-9-5-8-15(18)12-16/h2-9,12-13H,10-11,18H2,1H3,(H,19,20). The van der Waals surface area contributed by atoms with Gasteiger partial charge < -0.3 is 15.8 Å². The number of rotatable bonds is 6. The molecule has 0 saturated carbocycles. The SMILES string of the molecule is CC(OCCc1ccccc1)C(=O)Nc1cccc(N)c1. The van der Waals surface area contributed by atoms with Gasteiger partial charge >= 0.3 is 0 Å². The average molecular weight is 284 g/mol. The van der Waals surface area contributed by atoms with Gasteiger partial charge in [-0.05, 0) is 37.1 Å². The molecule has 4 heteroatoms. The lowest BCUT2D eigenvalue weighted by Gasteiger charge is -2.13. The summed E-state index contributed by atoms with van der Waals surface area (Å²) in [4.78, 5) is 12.0. The maximum atomic E-state index is 12.0. The molecule has 0 saturated heterocycles. The van der Waals surface area contributed by atoms with Crippen LogP contribution in [0.25, 0.3) is 0 Å². The highest BCUT2D eigenvalue weighted by atomic mass is 16.5. The number of carbonyl (C=O) groups excluding carboxylic acids is 1. The summed E-state index contributed by atoms with van der Waals surface area (Å²) in [6, 6.07) is 17.1. The predicted octanol–water partition coefficient (Wildman–Crippen LogP) is 2.86. The molecule has 0 aliphatic rings. The van der Waals surface area contributed by atoms with Crippen LogP contribution in [0.4, 0.5) is 11.4 Å². The van der Waals surface area contributed by atoms with Gasteiger partial charge in [-0.3, -0.25) is 4.79 Å². The maximum absolute atomic E-state index is 12.0. The van der Waals surface area contributed by atoms with Gasteiger partial charge in [-0.1, -0.05) is 36.4 Å². The number of benzene rings is 2. The van der Waals surface area contributed by atoms with Crippen LogP contribution in [0.1, 0.15) is 12.5 Å². The minimum atomic E-state index is -0.504. The van der Waals surface area contributed by atoms with E-state index in [9.17, 15) is 4.79 Å². The van der Waals surface area contributed by atoms with E-state index in [0.29, 0.717) is 18.0 Å². The van der Waals surface area contributed by atoms with Crippen LogP contribution in [-0.4, -0.2) is 18.6 Å². The first-order chi connectivity index (χ1) is 10.1. The molecule has 0 heterocycles. The highest BCUT2D eigenvalue weighted by Crippen LogP contribution is 2.12. The number of nitrogen functional groups attached to an aromatic ring is 1. The molecule has 2 rings (SSSR count). The van der Waals surface area contributed by atoms with Crippen molar-refractivity contribution in [3.8, 4) is 0 Å². The summed E-state index contributed by atoms with van der Waals surface area (Å²) in [5, 5.41) is 2.79. The van der Waals surface area contributed by atoms with Crippen LogP contribution in [-0.2, 0) is 16.0 Å². The van der Waals surface area contributed by atoms with Gasteiger partial charge in [-0.2, -0.15) is 0 Å². The van der Waals surface area contributed by atoms with E-state index < -0.39 is 6.10 Å². The lowest BCUT2D eigenvalue weighted by Crippen LogP contribution is -2.28. The van der Waals surface area contributed by atoms with Crippen LogP contribution in [0, 0.1) is 0 Å². The van der Waals surface area contributed by atoms with E-state index in [2.05, 4.69) is 5.32 Å². The van der Waals surface area contributed by atoms with Gasteiger partial charge in [0.15, 0.2) is 0 Å². The predicted molar refractivity (Wildman–Crippen MR) is 85.0 cm³/mol. The number of anilines is 2. The Morgan fingerprint density at radius 2 is 1.95 bits per heavy atom. The quantitative estimate of drug-likeness (QED) is 0.802. The van der Waals surface area contributed by atoms with Gasteiger partial charge in [0.05, 0.1) is 6.61 Å². The molecular formula is C17H20N2O2. The molecule has 21 heavy (non-hydrogen) atoms. The molecule has 110 valence electrons. The summed E-state index contributed by atoms with van der Waals surface area (Å²) in [7, 11) is 0. The van der Waals surface area contributed by atoms with Gasteiger partial charge in [0.1, 0.15) is 6.10 Å². The van der Waals surface area contributed by atoms with Crippen LogP contribution in [0.5, 0.6) is 0 Å². The van der Waals surface area contributed by atoms with E-state index in [1.165, 1.54) is 5.56 Å². The van der Waals surface area contributed by atoms with Crippen LogP contribution >= 0.6 is 0 Å². The maximum Gasteiger partial charge on any atom is 0.253 e. The number of hydrogen-bond donors (Lipinski definition) is 2. The summed E-state index contributed by atoms with van der Waals surface area (Å²) < 4.78 is 5.57. The molecule has 2 aromatic rings. The van der Waals surface area contributed by atoms with Crippen LogP contribution in [0.3, 0.4) is 0 Å². The molecule has 1 unspecified atom stereocenters. The van der Waals surface area contributed by atoms with E-state index in [1.807, 2.05) is 30.3 Å². The molecule has 0 fully saturated rings. The summed E-state index contributed by atoms with van der Waals surface area (Å²) >= 11 is 0. The van der Waals surface area contributed by atoms with E-state index in [1.54, 1.807) is 31.2 Å². The fourth-order valence-corrected chi connectivity index (χ4v) is 1.93. The second-order valence-electron chi connectivity index (χ2n) is 4.86. The summed E-state index contributed by atoms with van der Waals surface area (Å²) in [5.74, 6) is -0.173. The van der Waals surface area contributed by atoms with E-state index in [4.69, 9.17) is 10.5 Å². The van der Waals surface area contributed by atoms with Crippen molar-refractivity contribution in [1.29, 1.82) is 0 Å². The van der Waals surface area contributed by atoms with Gasteiger partial charge in [-0.15, -0.1) is 0 Å². The first-order valence-corrected chi connectivity index (χ1v) is 6.97. The monoisotopic (exact) mass is 284 g/mol. The number of ether oxygens (including phenoxy) is 1. The molecular weight excluding hydrogens is 264 g/mol. The summed E-state index contributed by atoms with van der Waals surface area (Å²) in [5.41, 5.74) is 8.16. The fraction of sp³-hybridized carbons (Fsp3) is 0.235. The minimum absolute atomic E-state index is 0.173. The Hall–Kier alpha value is -2.33. The Balaban J connectivity index is 1.77. The van der Waals surface area contributed by atoms with Gasteiger partial charge in [0.25, 0.3) is 5.91 Å². The lowest BCUT2D eigenvalue weighted by molar-refractivity contribution is -0.126. The molecule has 3 N–H and O–H groups in total. The summed E-state index contributed by atoms with van der Waals surface area (Å²) in [6.07, 6.45) is 0.284. The Morgan fingerprint density at radius 1 is 1.19 bits per heavy atom. The lowest BCUT2D eigenvalue weighted by atomic mass is 10.2. The Morgan fingerprint density at radius 3 is 2.67 bits per heavy atom. The number of amides is 1. The zero-order valence-corrected chi connectivity index (χ0v) is 12.1. The number of carbonyl (C=O) groups is 1. The molecule has 0 bridgehead atoms. The largest absolute Gasteiger partial charge is 0.399 e. The van der Waals surface area contributed by atoms with Crippen molar-refractivity contribution in [2.75, 3.05) is 17.7 Å². The van der Waals surface area contributed by atoms with Crippen molar-refractivity contribution in [3.63, 3.8) is 0 Å². The molecule has 4 nitrogen and oxygen atoms in total. The van der Waals surface area contributed by atoms with Crippen LogP contribution in [0.15, 0.2) is 54.6 Å². The van der Waals surface area contributed by atoms with Crippen molar-refractivity contribution < 1.29 is 9.53 Å². The number of nitrogens with one attached hydrogen (secondary N) is 1. The van der Waals surface area contributed by atoms with Crippen LogP contribution in [0.2, 0.25) is 0 Å². The second kappa shape index (κ2) is 7.45. The smallest absolute Gasteiger partial charge is 0.253 e. The molecule has 0 radical (unpaired) electrons. The number of hydrogen-bond acceptors (Lipinski definition) is 3. The van der Waals surface area contributed by atoms with Crippen molar-refractivity contribution in [3.05, 3.63) is 60.2 Å². The molecule has 0 aromatic heterocycles. The van der Waals surface area contributed by atoms with Crippen molar-refractivity contribution in [2.45, 2.75) is 19.4 Å². The van der Waals surface area contributed by atoms with Gasteiger partial charge in [-0.25, -0.2) is 0 Å². The molecule has 1 amide bonds. The second-order valence-corrected chi connectivity index (χ2v) is 4.86. The molecule has 2 aromatic carbocycles. The van der Waals surface area contributed by atoms with Crippen molar-refractivity contribution >= 4 is 17.3 Å². The van der Waals surface area contributed by atoms with E-state index >= 15 is 0 Å². The third-order valence-corrected chi connectivity index (χ3v) is 3.12. The Kier molecular flexibility index (Phi) is 5.35. The Bertz CT molecular complexity index is 584. The summed E-state index contributed by atoms with van der Waals surface area (Å²) in [6.45, 7) is 2.25. The topological polar surface area (TPSA) is 64.3 Å². The van der Waals surface area contributed by atoms with Crippen molar-refractivity contribution in [2.24, 2.45) is 0 Å². The minimum Gasteiger partial charge on any atom is -0.399 e. The van der Waals surface area contributed by atoms with Crippen LogP contribution < -0.4 is 11.1 Å². The first-order valence-electron chi connectivity index (χ1n) is 6.97. The van der Waals surface area contributed by atoms with E-state index in [0.717, 1.165) is 6.42 Å². The number of nitrogens with two attached hydrogens (primary N) is 1. The first kappa shape index (κ1) is 15.1.